The summed E-state index contributed by atoms with van der Waals surface area (Å²) in [5.74, 6) is 0.0318. The van der Waals surface area contributed by atoms with E-state index in [9.17, 15) is 9.59 Å². The minimum atomic E-state index is -0.569. The number of hydrogen-bond donors (Lipinski definition) is 1. The predicted molar refractivity (Wildman–Crippen MR) is 109 cm³/mol. The van der Waals surface area contributed by atoms with Gasteiger partial charge in [0.1, 0.15) is 5.75 Å². The lowest BCUT2D eigenvalue weighted by atomic mass is 10.0. The van der Waals surface area contributed by atoms with Crippen LogP contribution < -0.4 is 10.1 Å². The molecule has 3 rings (SSSR count). The minimum absolute atomic E-state index is 0.227. The maximum Gasteiger partial charge on any atom is 0.344 e. The summed E-state index contributed by atoms with van der Waals surface area (Å²) in [6, 6.07) is 11.9. The van der Waals surface area contributed by atoms with E-state index in [0.717, 1.165) is 36.1 Å². The molecule has 0 unspecified atom stereocenters. The third-order valence-electron chi connectivity index (χ3n) is 4.88. The number of anilines is 1. The van der Waals surface area contributed by atoms with Crippen LogP contribution in [0.15, 0.2) is 36.4 Å². The highest BCUT2D eigenvalue weighted by molar-refractivity contribution is 5.93. The smallest absolute Gasteiger partial charge is 0.344 e. The van der Waals surface area contributed by atoms with E-state index < -0.39 is 5.97 Å². The first kappa shape index (κ1) is 19.9. The van der Waals surface area contributed by atoms with Gasteiger partial charge >= 0.3 is 5.97 Å². The molecule has 1 aliphatic rings. The first-order valence-electron chi connectivity index (χ1n) is 9.73. The van der Waals surface area contributed by atoms with Crippen LogP contribution in [0, 0.1) is 6.92 Å². The molecule has 148 valence electrons. The van der Waals surface area contributed by atoms with E-state index in [4.69, 9.17) is 9.47 Å². The van der Waals surface area contributed by atoms with Crippen molar-refractivity contribution in [3.63, 3.8) is 0 Å². The SMILES string of the molecule is Cc1ccc(C(C)C)c(OCC(=O)OCC(=O)Nc2ccc3c(c2)CCC3)c1. The number of aryl methyl sites for hydroxylation is 3. The zero-order valence-corrected chi connectivity index (χ0v) is 16.7. The Morgan fingerprint density at radius 3 is 2.61 bits per heavy atom. The maximum atomic E-state index is 12.1. The highest BCUT2D eigenvalue weighted by atomic mass is 16.6. The summed E-state index contributed by atoms with van der Waals surface area (Å²) < 4.78 is 10.7. The molecule has 5 heteroatoms. The van der Waals surface area contributed by atoms with Crippen molar-refractivity contribution in [2.45, 2.75) is 46.0 Å². The summed E-state index contributed by atoms with van der Waals surface area (Å²) in [6.45, 7) is 5.55. The molecule has 1 aliphatic carbocycles. The summed E-state index contributed by atoms with van der Waals surface area (Å²) in [5.41, 5.74) is 5.45. The Bertz CT molecular complexity index is 873. The fourth-order valence-electron chi connectivity index (χ4n) is 3.41. The lowest BCUT2D eigenvalue weighted by molar-refractivity contribution is -0.149. The summed E-state index contributed by atoms with van der Waals surface area (Å²) in [7, 11) is 0. The van der Waals surface area contributed by atoms with E-state index in [1.165, 1.54) is 11.1 Å². The average Bonchev–Trinajstić information content (AvgIpc) is 3.12. The zero-order chi connectivity index (χ0) is 20.1. The van der Waals surface area contributed by atoms with Crippen LogP contribution in [-0.4, -0.2) is 25.1 Å². The molecular formula is C23H27NO4. The number of carbonyl (C=O) groups is 2. The van der Waals surface area contributed by atoms with Gasteiger partial charge in [0.05, 0.1) is 0 Å². The molecule has 5 nitrogen and oxygen atoms in total. The Morgan fingerprint density at radius 1 is 1.04 bits per heavy atom. The van der Waals surface area contributed by atoms with E-state index in [2.05, 4.69) is 19.2 Å². The molecule has 1 amide bonds. The summed E-state index contributed by atoms with van der Waals surface area (Å²) in [4.78, 5) is 24.0. The minimum Gasteiger partial charge on any atom is -0.482 e. The normalized spacial score (nSPS) is 12.6. The summed E-state index contributed by atoms with van der Waals surface area (Å²) >= 11 is 0. The van der Waals surface area contributed by atoms with Crippen molar-refractivity contribution in [3.05, 3.63) is 58.7 Å². The number of rotatable bonds is 7. The quantitative estimate of drug-likeness (QED) is 0.731. The third kappa shape index (κ3) is 5.12. The van der Waals surface area contributed by atoms with Gasteiger partial charge in [-0.25, -0.2) is 4.79 Å². The Morgan fingerprint density at radius 2 is 1.82 bits per heavy atom. The number of carbonyl (C=O) groups excluding carboxylic acids is 2. The molecule has 2 aromatic carbocycles. The van der Waals surface area contributed by atoms with E-state index in [-0.39, 0.29) is 25.0 Å². The maximum absolute atomic E-state index is 12.1. The number of benzene rings is 2. The van der Waals surface area contributed by atoms with Crippen LogP contribution in [0.25, 0.3) is 0 Å². The molecule has 0 heterocycles. The van der Waals surface area contributed by atoms with Crippen LogP contribution in [-0.2, 0) is 27.2 Å². The van der Waals surface area contributed by atoms with Crippen molar-refractivity contribution in [3.8, 4) is 5.75 Å². The van der Waals surface area contributed by atoms with E-state index in [1.807, 2.05) is 43.3 Å². The first-order chi connectivity index (χ1) is 13.4. The van der Waals surface area contributed by atoms with Crippen LogP contribution in [0.1, 0.15) is 48.4 Å². The van der Waals surface area contributed by atoms with Gasteiger partial charge in [0.25, 0.3) is 5.91 Å². The Kier molecular flexibility index (Phi) is 6.34. The molecule has 0 aromatic heterocycles. The number of hydrogen-bond acceptors (Lipinski definition) is 4. The molecule has 0 saturated carbocycles. The van der Waals surface area contributed by atoms with Gasteiger partial charge in [0.2, 0.25) is 0 Å². The molecule has 0 spiro atoms. The monoisotopic (exact) mass is 381 g/mol. The van der Waals surface area contributed by atoms with Gasteiger partial charge in [-0.1, -0.05) is 32.0 Å². The topological polar surface area (TPSA) is 64.6 Å². The molecule has 0 aliphatic heterocycles. The second-order valence-corrected chi connectivity index (χ2v) is 7.53. The lowest BCUT2D eigenvalue weighted by Crippen LogP contribution is -2.24. The van der Waals surface area contributed by atoms with Gasteiger partial charge in [-0.2, -0.15) is 0 Å². The number of esters is 1. The third-order valence-corrected chi connectivity index (χ3v) is 4.88. The molecule has 2 aromatic rings. The van der Waals surface area contributed by atoms with Crippen molar-refractivity contribution in [1.29, 1.82) is 0 Å². The van der Waals surface area contributed by atoms with Gasteiger partial charge in [-0.3, -0.25) is 4.79 Å². The molecule has 28 heavy (non-hydrogen) atoms. The van der Waals surface area contributed by atoms with Crippen molar-refractivity contribution in [2.75, 3.05) is 18.5 Å². The van der Waals surface area contributed by atoms with Gasteiger partial charge in [-0.15, -0.1) is 0 Å². The van der Waals surface area contributed by atoms with Crippen LogP contribution in [0.2, 0.25) is 0 Å². The van der Waals surface area contributed by atoms with Crippen LogP contribution in [0.3, 0.4) is 0 Å². The van der Waals surface area contributed by atoms with Crippen LogP contribution >= 0.6 is 0 Å². The average molecular weight is 381 g/mol. The predicted octanol–water partition coefficient (Wildman–Crippen LogP) is 4.17. The number of ether oxygens (including phenoxy) is 2. The molecular weight excluding hydrogens is 354 g/mol. The van der Waals surface area contributed by atoms with Gasteiger partial charge in [0.15, 0.2) is 13.2 Å². The zero-order valence-electron chi connectivity index (χ0n) is 16.7. The first-order valence-corrected chi connectivity index (χ1v) is 9.73. The Labute approximate surface area is 166 Å². The molecule has 0 fully saturated rings. The highest BCUT2D eigenvalue weighted by Crippen LogP contribution is 2.27. The fraction of sp³-hybridized carbons (Fsp3) is 0.391. The number of fused-ring (bicyclic) bond motifs is 1. The Hall–Kier alpha value is -2.82. The molecule has 0 atom stereocenters. The Balaban J connectivity index is 1.47. The summed E-state index contributed by atoms with van der Waals surface area (Å²) in [5, 5.41) is 2.78. The summed E-state index contributed by atoms with van der Waals surface area (Å²) in [6.07, 6.45) is 3.30. The largest absolute Gasteiger partial charge is 0.482 e. The lowest BCUT2D eigenvalue weighted by Gasteiger charge is -2.14. The fourth-order valence-corrected chi connectivity index (χ4v) is 3.41. The van der Waals surface area contributed by atoms with Gasteiger partial charge in [0, 0.05) is 5.69 Å². The molecule has 1 N–H and O–H groups in total. The highest BCUT2D eigenvalue weighted by Gasteiger charge is 2.14. The van der Waals surface area contributed by atoms with Crippen molar-refractivity contribution in [1.82, 2.24) is 0 Å². The van der Waals surface area contributed by atoms with Crippen LogP contribution in [0.5, 0.6) is 5.75 Å². The second-order valence-electron chi connectivity index (χ2n) is 7.53. The molecule has 0 radical (unpaired) electrons. The standard InChI is InChI=1S/C23H27NO4/c1-15(2)20-10-7-16(3)11-21(20)27-14-23(26)28-13-22(25)24-19-9-8-17-5-4-6-18(17)12-19/h7-12,15H,4-6,13-14H2,1-3H3,(H,24,25). The van der Waals surface area contributed by atoms with Crippen molar-refractivity contribution in [2.24, 2.45) is 0 Å². The van der Waals surface area contributed by atoms with Crippen molar-refractivity contribution >= 4 is 17.6 Å². The van der Waals surface area contributed by atoms with Gasteiger partial charge in [-0.05, 0) is 72.6 Å². The van der Waals surface area contributed by atoms with E-state index in [0.29, 0.717) is 5.75 Å². The van der Waals surface area contributed by atoms with E-state index >= 15 is 0 Å². The van der Waals surface area contributed by atoms with Crippen LogP contribution in [0.4, 0.5) is 5.69 Å². The number of nitrogens with one attached hydrogen (secondary N) is 1. The van der Waals surface area contributed by atoms with Gasteiger partial charge < -0.3 is 14.8 Å². The molecule has 0 saturated heterocycles. The molecule has 0 bridgehead atoms. The second kappa shape index (κ2) is 8.91. The van der Waals surface area contributed by atoms with Crippen molar-refractivity contribution < 1.29 is 19.1 Å². The number of amides is 1. The van der Waals surface area contributed by atoms with E-state index in [1.54, 1.807) is 0 Å².